The van der Waals surface area contributed by atoms with Gasteiger partial charge in [-0.1, -0.05) is 0 Å². The zero-order valence-corrected chi connectivity index (χ0v) is 9.74. The van der Waals surface area contributed by atoms with Crippen LogP contribution in [0.3, 0.4) is 0 Å². The SMILES string of the molecule is CCOP(=O)(OCC)c1cnccc1N. The van der Waals surface area contributed by atoms with Crippen LogP contribution in [0.2, 0.25) is 0 Å². The highest BCUT2D eigenvalue weighted by molar-refractivity contribution is 7.62. The fourth-order valence-corrected chi connectivity index (χ4v) is 2.77. The molecule has 15 heavy (non-hydrogen) atoms. The van der Waals surface area contributed by atoms with E-state index >= 15 is 0 Å². The molecule has 0 saturated carbocycles. The summed E-state index contributed by atoms with van der Waals surface area (Å²) >= 11 is 0. The van der Waals surface area contributed by atoms with Gasteiger partial charge >= 0.3 is 7.60 Å². The van der Waals surface area contributed by atoms with Gasteiger partial charge in [-0.05, 0) is 19.9 Å². The molecule has 0 atom stereocenters. The Hall–Kier alpha value is -0.900. The molecule has 2 N–H and O–H groups in total. The van der Waals surface area contributed by atoms with E-state index in [1.165, 1.54) is 12.4 Å². The normalized spacial score (nSPS) is 11.6. The summed E-state index contributed by atoms with van der Waals surface area (Å²) in [6.07, 6.45) is 2.95. The van der Waals surface area contributed by atoms with E-state index in [0.717, 1.165) is 0 Å². The molecule has 0 aliphatic heterocycles. The molecule has 84 valence electrons. The van der Waals surface area contributed by atoms with Gasteiger partial charge in [0, 0.05) is 12.4 Å². The number of hydrogen-bond donors (Lipinski definition) is 1. The van der Waals surface area contributed by atoms with Gasteiger partial charge in [0.2, 0.25) is 0 Å². The number of anilines is 1. The van der Waals surface area contributed by atoms with Crippen LogP contribution in [0.5, 0.6) is 0 Å². The molecule has 0 saturated heterocycles. The third kappa shape index (κ3) is 2.78. The first-order chi connectivity index (χ1) is 7.14. The maximum absolute atomic E-state index is 12.3. The van der Waals surface area contributed by atoms with E-state index in [1.54, 1.807) is 19.9 Å². The summed E-state index contributed by atoms with van der Waals surface area (Å²) in [6, 6.07) is 1.57. The van der Waals surface area contributed by atoms with Gasteiger partial charge in [0.05, 0.1) is 18.9 Å². The van der Waals surface area contributed by atoms with Gasteiger partial charge in [-0.25, -0.2) is 0 Å². The highest BCUT2D eigenvalue weighted by atomic mass is 31.2. The molecule has 6 heteroatoms. The zero-order chi connectivity index (χ0) is 11.3. The van der Waals surface area contributed by atoms with Crippen molar-refractivity contribution in [3.05, 3.63) is 18.5 Å². The number of pyridine rings is 1. The van der Waals surface area contributed by atoms with Crippen LogP contribution in [-0.2, 0) is 13.6 Å². The van der Waals surface area contributed by atoms with Crippen molar-refractivity contribution in [1.29, 1.82) is 0 Å². The molecule has 0 unspecified atom stereocenters. The standard InChI is InChI=1S/C9H15N2O3P/c1-3-13-15(12,14-4-2)9-7-11-6-5-8(9)10/h5-7H,3-4H2,1-2H3,(H2,10,11). The fraction of sp³-hybridized carbons (Fsp3) is 0.444. The van der Waals surface area contributed by atoms with Crippen molar-refractivity contribution in [1.82, 2.24) is 4.98 Å². The van der Waals surface area contributed by atoms with Gasteiger partial charge in [-0.2, -0.15) is 0 Å². The van der Waals surface area contributed by atoms with Crippen molar-refractivity contribution < 1.29 is 13.6 Å². The summed E-state index contributed by atoms with van der Waals surface area (Å²) in [7, 11) is -3.30. The van der Waals surface area contributed by atoms with Gasteiger partial charge in [0.25, 0.3) is 0 Å². The molecular weight excluding hydrogens is 215 g/mol. The largest absolute Gasteiger partial charge is 0.398 e. The molecular formula is C9H15N2O3P. The summed E-state index contributed by atoms with van der Waals surface area (Å²) in [5, 5.41) is 0.328. The molecule has 1 aromatic heterocycles. The number of nitrogens with zero attached hydrogens (tertiary/aromatic N) is 1. The van der Waals surface area contributed by atoms with Crippen LogP contribution in [0.1, 0.15) is 13.8 Å². The van der Waals surface area contributed by atoms with Crippen LogP contribution in [0.4, 0.5) is 5.69 Å². The van der Waals surface area contributed by atoms with Crippen molar-refractivity contribution in [3.63, 3.8) is 0 Å². The predicted octanol–water partition coefficient (Wildman–Crippen LogP) is 1.56. The number of hydrogen-bond acceptors (Lipinski definition) is 5. The van der Waals surface area contributed by atoms with Gasteiger partial charge in [-0.15, -0.1) is 0 Å². The second kappa shape index (κ2) is 5.26. The van der Waals surface area contributed by atoms with Crippen LogP contribution in [0.15, 0.2) is 18.5 Å². The lowest BCUT2D eigenvalue weighted by Crippen LogP contribution is -2.15. The fourth-order valence-electron chi connectivity index (χ4n) is 1.14. The minimum atomic E-state index is -3.30. The second-order valence-corrected chi connectivity index (χ2v) is 4.76. The maximum Gasteiger partial charge on any atom is 0.364 e. The molecule has 0 amide bonds. The topological polar surface area (TPSA) is 74.4 Å². The molecule has 0 aromatic carbocycles. The average Bonchev–Trinajstić information content (AvgIpc) is 2.19. The lowest BCUT2D eigenvalue weighted by molar-refractivity contribution is 0.230. The third-order valence-electron chi connectivity index (χ3n) is 1.73. The summed E-state index contributed by atoms with van der Waals surface area (Å²) in [5.74, 6) is 0. The minimum absolute atomic E-state index is 0.297. The third-order valence-corrected chi connectivity index (χ3v) is 3.89. The van der Waals surface area contributed by atoms with Crippen LogP contribution in [-0.4, -0.2) is 18.2 Å². The van der Waals surface area contributed by atoms with E-state index in [4.69, 9.17) is 14.8 Å². The molecule has 0 spiro atoms. The molecule has 1 rings (SSSR count). The lowest BCUT2D eigenvalue weighted by atomic mass is 10.4. The first-order valence-electron chi connectivity index (χ1n) is 4.73. The zero-order valence-electron chi connectivity index (χ0n) is 8.84. The van der Waals surface area contributed by atoms with E-state index in [9.17, 15) is 4.57 Å². The van der Waals surface area contributed by atoms with Crippen LogP contribution >= 0.6 is 7.60 Å². The summed E-state index contributed by atoms with van der Waals surface area (Å²) in [6.45, 7) is 4.09. The second-order valence-electron chi connectivity index (χ2n) is 2.77. The molecule has 0 aliphatic rings. The lowest BCUT2D eigenvalue weighted by Gasteiger charge is -2.17. The molecule has 5 nitrogen and oxygen atoms in total. The molecule has 0 radical (unpaired) electrons. The van der Waals surface area contributed by atoms with Gasteiger partial charge in [-0.3, -0.25) is 9.55 Å². The first kappa shape index (κ1) is 12.2. The van der Waals surface area contributed by atoms with Crippen LogP contribution in [0.25, 0.3) is 0 Å². The van der Waals surface area contributed by atoms with E-state index in [2.05, 4.69) is 4.98 Å². The number of aromatic nitrogens is 1. The van der Waals surface area contributed by atoms with Crippen LogP contribution < -0.4 is 11.0 Å². The van der Waals surface area contributed by atoms with Crippen molar-refractivity contribution in [3.8, 4) is 0 Å². The van der Waals surface area contributed by atoms with E-state index in [0.29, 0.717) is 24.2 Å². The summed E-state index contributed by atoms with van der Waals surface area (Å²) in [4.78, 5) is 3.86. The first-order valence-corrected chi connectivity index (χ1v) is 6.27. The van der Waals surface area contributed by atoms with Crippen molar-refractivity contribution in [2.75, 3.05) is 18.9 Å². The molecule has 0 fully saturated rings. The average molecular weight is 230 g/mol. The van der Waals surface area contributed by atoms with Gasteiger partial charge < -0.3 is 14.8 Å². The van der Waals surface area contributed by atoms with E-state index < -0.39 is 7.60 Å². The summed E-state index contributed by atoms with van der Waals surface area (Å²) in [5.41, 5.74) is 6.07. The smallest absolute Gasteiger partial charge is 0.364 e. The van der Waals surface area contributed by atoms with Crippen molar-refractivity contribution in [2.45, 2.75) is 13.8 Å². The highest BCUT2D eigenvalue weighted by Gasteiger charge is 2.29. The molecule has 1 aromatic rings. The van der Waals surface area contributed by atoms with Crippen molar-refractivity contribution >= 4 is 18.6 Å². The highest BCUT2D eigenvalue weighted by Crippen LogP contribution is 2.47. The predicted molar refractivity (Wildman–Crippen MR) is 59.1 cm³/mol. The maximum atomic E-state index is 12.3. The van der Waals surface area contributed by atoms with Gasteiger partial charge in [0.1, 0.15) is 5.30 Å². The van der Waals surface area contributed by atoms with Crippen molar-refractivity contribution in [2.24, 2.45) is 0 Å². The Morgan fingerprint density at radius 2 is 2.00 bits per heavy atom. The Morgan fingerprint density at radius 3 is 2.47 bits per heavy atom. The summed E-state index contributed by atoms with van der Waals surface area (Å²) < 4.78 is 22.6. The van der Waals surface area contributed by atoms with E-state index in [1.807, 2.05) is 0 Å². The number of nitrogens with two attached hydrogens (primary N) is 1. The molecule has 0 bridgehead atoms. The number of rotatable bonds is 5. The Kier molecular flexibility index (Phi) is 4.27. The number of nitrogen functional groups attached to an aromatic ring is 1. The van der Waals surface area contributed by atoms with Crippen LogP contribution in [0, 0.1) is 0 Å². The Labute approximate surface area is 89.1 Å². The molecule has 1 heterocycles. The minimum Gasteiger partial charge on any atom is -0.398 e. The Bertz CT molecular complexity index is 360. The monoisotopic (exact) mass is 230 g/mol. The Morgan fingerprint density at radius 1 is 1.40 bits per heavy atom. The Balaban J connectivity index is 3.09. The van der Waals surface area contributed by atoms with E-state index in [-0.39, 0.29) is 0 Å². The quantitative estimate of drug-likeness (QED) is 0.777. The van der Waals surface area contributed by atoms with Gasteiger partial charge in [0.15, 0.2) is 0 Å². The molecule has 0 aliphatic carbocycles.